The molecule has 1 aliphatic rings. The lowest BCUT2D eigenvalue weighted by Gasteiger charge is -2.16. The van der Waals surface area contributed by atoms with Crippen LogP contribution in [0.5, 0.6) is 5.75 Å². The minimum absolute atomic E-state index is 0.128. The maximum atomic E-state index is 12.7. The van der Waals surface area contributed by atoms with Crippen molar-refractivity contribution >= 4 is 0 Å². The Hall–Kier alpha value is -1.23. The highest BCUT2D eigenvalue weighted by atomic mass is 19.4. The van der Waals surface area contributed by atoms with Gasteiger partial charge in [0.2, 0.25) is 5.60 Å². The number of hydrogen-bond acceptors (Lipinski definition) is 2. The Labute approximate surface area is 91.0 Å². The zero-order valence-corrected chi connectivity index (χ0v) is 8.67. The van der Waals surface area contributed by atoms with Crippen molar-refractivity contribution in [3.63, 3.8) is 0 Å². The fourth-order valence-electron chi connectivity index (χ4n) is 1.55. The molecule has 0 bridgehead atoms. The fraction of sp³-hybridized carbons (Fsp3) is 0.455. The third kappa shape index (κ3) is 1.75. The van der Waals surface area contributed by atoms with Gasteiger partial charge < -0.3 is 9.47 Å². The molecule has 5 heteroatoms. The Bertz CT molecular complexity index is 366. The first-order valence-corrected chi connectivity index (χ1v) is 4.93. The molecule has 1 fully saturated rings. The summed E-state index contributed by atoms with van der Waals surface area (Å²) < 4.78 is 47.8. The lowest BCUT2D eigenvalue weighted by atomic mass is 9.99. The third-order valence-electron chi connectivity index (χ3n) is 2.52. The summed E-state index contributed by atoms with van der Waals surface area (Å²) >= 11 is 0. The van der Waals surface area contributed by atoms with Crippen LogP contribution in [0.3, 0.4) is 0 Å². The molecule has 0 radical (unpaired) electrons. The van der Waals surface area contributed by atoms with Gasteiger partial charge in [-0.15, -0.1) is 0 Å². The van der Waals surface area contributed by atoms with E-state index >= 15 is 0 Å². The predicted octanol–water partition coefficient (Wildman–Crippen LogP) is 2.87. The van der Waals surface area contributed by atoms with Gasteiger partial charge in [-0.05, 0) is 24.6 Å². The average Bonchev–Trinajstić information content (AvgIpc) is 2.99. The van der Waals surface area contributed by atoms with Crippen LogP contribution in [-0.2, 0) is 10.3 Å². The molecule has 2 nitrogen and oxygen atoms in total. The van der Waals surface area contributed by atoms with Gasteiger partial charge in [0, 0.05) is 0 Å². The predicted molar refractivity (Wildman–Crippen MR) is 51.3 cm³/mol. The molecule has 0 aromatic heterocycles. The third-order valence-corrected chi connectivity index (χ3v) is 2.52. The number of halogens is 3. The summed E-state index contributed by atoms with van der Waals surface area (Å²) in [5.41, 5.74) is -1.96. The minimum atomic E-state index is -4.36. The van der Waals surface area contributed by atoms with Gasteiger partial charge in [0.05, 0.1) is 13.2 Å². The van der Waals surface area contributed by atoms with Crippen molar-refractivity contribution in [3.8, 4) is 5.75 Å². The summed E-state index contributed by atoms with van der Waals surface area (Å²) in [7, 11) is 0. The number of epoxide rings is 1. The Morgan fingerprint density at radius 1 is 1.31 bits per heavy atom. The van der Waals surface area contributed by atoms with Crippen LogP contribution in [0.15, 0.2) is 24.3 Å². The largest absolute Gasteiger partial charge is 0.494 e. The first-order chi connectivity index (χ1) is 7.49. The number of alkyl halides is 3. The molecule has 1 atom stereocenters. The van der Waals surface area contributed by atoms with Crippen LogP contribution in [0, 0.1) is 0 Å². The first kappa shape index (κ1) is 11.3. The molecular weight excluding hydrogens is 221 g/mol. The molecule has 1 heterocycles. The Balaban J connectivity index is 2.22. The van der Waals surface area contributed by atoms with E-state index in [1.54, 1.807) is 0 Å². The molecule has 1 aliphatic heterocycles. The standard InChI is InChI=1S/C11H11F3O2/c1-2-15-9-5-3-8(4-6-9)10(7-16-10)11(12,13)14/h3-6H,2,7H2,1H3. The van der Waals surface area contributed by atoms with E-state index in [0.717, 1.165) is 0 Å². The van der Waals surface area contributed by atoms with Crippen molar-refractivity contribution in [1.29, 1.82) is 0 Å². The van der Waals surface area contributed by atoms with E-state index in [-0.39, 0.29) is 12.2 Å². The molecule has 0 saturated carbocycles. The van der Waals surface area contributed by atoms with Crippen LogP contribution >= 0.6 is 0 Å². The molecule has 16 heavy (non-hydrogen) atoms. The highest BCUT2D eigenvalue weighted by Crippen LogP contribution is 2.51. The van der Waals surface area contributed by atoms with Crippen LogP contribution in [-0.4, -0.2) is 19.4 Å². The summed E-state index contributed by atoms with van der Waals surface area (Å²) in [6, 6.07) is 5.83. The molecule has 1 unspecified atom stereocenters. The molecule has 88 valence electrons. The molecule has 0 spiro atoms. The van der Waals surface area contributed by atoms with Crippen LogP contribution < -0.4 is 4.74 Å². The molecule has 1 saturated heterocycles. The zero-order chi connectivity index (χ0) is 11.8. The quantitative estimate of drug-likeness (QED) is 0.747. The zero-order valence-electron chi connectivity index (χ0n) is 8.67. The molecule has 0 aliphatic carbocycles. The normalized spacial score (nSPS) is 24.2. The lowest BCUT2D eigenvalue weighted by Crippen LogP contribution is -2.30. The summed E-state index contributed by atoms with van der Waals surface area (Å²) in [6.07, 6.45) is -4.36. The topological polar surface area (TPSA) is 21.8 Å². The Kier molecular flexibility index (Phi) is 2.58. The highest BCUT2D eigenvalue weighted by Gasteiger charge is 2.67. The van der Waals surface area contributed by atoms with Crippen LogP contribution in [0.4, 0.5) is 13.2 Å². The SMILES string of the molecule is CCOc1ccc(C2(C(F)(F)F)CO2)cc1. The van der Waals surface area contributed by atoms with Gasteiger partial charge in [-0.3, -0.25) is 0 Å². The van der Waals surface area contributed by atoms with E-state index in [1.807, 2.05) is 6.92 Å². The fourth-order valence-corrected chi connectivity index (χ4v) is 1.55. The van der Waals surface area contributed by atoms with Crippen LogP contribution in [0.25, 0.3) is 0 Å². The van der Waals surface area contributed by atoms with Crippen molar-refractivity contribution in [1.82, 2.24) is 0 Å². The van der Waals surface area contributed by atoms with Gasteiger partial charge in [0.25, 0.3) is 0 Å². The minimum Gasteiger partial charge on any atom is -0.494 e. The van der Waals surface area contributed by atoms with Crippen molar-refractivity contribution in [3.05, 3.63) is 29.8 Å². The lowest BCUT2D eigenvalue weighted by molar-refractivity contribution is -0.187. The van der Waals surface area contributed by atoms with Crippen LogP contribution in [0.2, 0.25) is 0 Å². The second-order valence-corrected chi connectivity index (χ2v) is 3.57. The number of benzene rings is 1. The Morgan fingerprint density at radius 3 is 2.25 bits per heavy atom. The summed E-state index contributed by atoms with van der Waals surface area (Å²) in [5.74, 6) is 0.559. The summed E-state index contributed by atoms with van der Waals surface area (Å²) in [4.78, 5) is 0. The molecule has 1 aromatic rings. The summed E-state index contributed by atoms with van der Waals surface area (Å²) in [6.45, 7) is 2.00. The van der Waals surface area contributed by atoms with E-state index in [9.17, 15) is 13.2 Å². The Morgan fingerprint density at radius 2 is 1.88 bits per heavy atom. The number of ether oxygens (including phenoxy) is 2. The maximum Gasteiger partial charge on any atom is 0.424 e. The van der Waals surface area contributed by atoms with E-state index in [2.05, 4.69) is 4.74 Å². The smallest absolute Gasteiger partial charge is 0.424 e. The monoisotopic (exact) mass is 232 g/mol. The van der Waals surface area contributed by atoms with Crippen molar-refractivity contribution < 1.29 is 22.6 Å². The number of hydrogen-bond donors (Lipinski definition) is 0. The van der Waals surface area contributed by atoms with Gasteiger partial charge >= 0.3 is 6.18 Å². The van der Waals surface area contributed by atoms with Crippen molar-refractivity contribution in [2.24, 2.45) is 0 Å². The first-order valence-electron chi connectivity index (χ1n) is 4.93. The van der Waals surface area contributed by atoms with E-state index in [4.69, 9.17) is 4.74 Å². The average molecular weight is 232 g/mol. The van der Waals surface area contributed by atoms with E-state index in [1.165, 1.54) is 24.3 Å². The van der Waals surface area contributed by atoms with Gasteiger partial charge in [-0.2, -0.15) is 13.2 Å². The van der Waals surface area contributed by atoms with Gasteiger partial charge in [0.1, 0.15) is 5.75 Å². The van der Waals surface area contributed by atoms with Crippen molar-refractivity contribution in [2.75, 3.05) is 13.2 Å². The molecule has 0 N–H and O–H groups in total. The van der Waals surface area contributed by atoms with E-state index < -0.39 is 11.8 Å². The molecule has 1 aromatic carbocycles. The second kappa shape index (κ2) is 3.66. The molecular formula is C11H11F3O2. The second-order valence-electron chi connectivity index (χ2n) is 3.57. The highest BCUT2D eigenvalue weighted by molar-refractivity contribution is 5.34. The van der Waals surface area contributed by atoms with Gasteiger partial charge in [0.15, 0.2) is 0 Å². The van der Waals surface area contributed by atoms with Crippen LogP contribution in [0.1, 0.15) is 12.5 Å². The number of rotatable bonds is 3. The molecule has 0 amide bonds. The summed E-state index contributed by atoms with van der Waals surface area (Å²) in [5, 5.41) is 0. The van der Waals surface area contributed by atoms with Gasteiger partial charge in [-0.25, -0.2) is 0 Å². The maximum absolute atomic E-state index is 12.7. The van der Waals surface area contributed by atoms with E-state index in [0.29, 0.717) is 12.4 Å². The molecule has 2 rings (SSSR count). The van der Waals surface area contributed by atoms with Crippen molar-refractivity contribution in [2.45, 2.75) is 18.7 Å². The van der Waals surface area contributed by atoms with Gasteiger partial charge in [-0.1, -0.05) is 12.1 Å².